The molecule has 2 aromatic carbocycles. The van der Waals surface area contributed by atoms with E-state index in [0.29, 0.717) is 17.1 Å². The normalized spacial score (nSPS) is 10.9. The molecule has 0 unspecified atom stereocenters. The van der Waals surface area contributed by atoms with E-state index >= 15 is 0 Å². The molecule has 3 aromatic rings. The lowest BCUT2D eigenvalue weighted by Gasteiger charge is -2.11. The van der Waals surface area contributed by atoms with Gasteiger partial charge >= 0.3 is 11.3 Å². The first-order chi connectivity index (χ1) is 13.1. The Labute approximate surface area is 156 Å². The number of aromatic amines is 1. The maximum Gasteiger partial charge on any atom is 0.432 e. The summed E-state index contributed by atoms with van der Waals surface area (Å²) in [5, 5.41) is 2.56. The minimum Gasteiger partial charge on any atom is -0.497 e. The lowest BCUT2D eigenvalue weighted by Crippen LogP contribution is -2.42. The van der Waals surface area contributed by atoms with Crippen molar-refractivity contribution >= 4 is 12.0 Å². The highest BCUT2D eigenvalue weighted by Crippen LogP contribution is 2.11. The highest BCUT2D eigenvalue weighted by atomic mass is 16.5. The molecular weight excluding hydrogens is 346 g/mol. The van der Waals surface area contributed by atoms with Gasteiger partial charge in [-0.1, -0.05) is 30.3 Å². The van der Waals surface area contributed by atoms with Crippen molar-refractivity contribution in [3.8, 4) is 11.4 Å². The molecule has 0 fully saturated rings. The molecule has 0 saturated heterocycles. The SMILES string of the molecule is COc1ccc(-[n+]2[nH]oc(=O)c2CN(C)C(=O)/C=C/c2ccccc2)cc1. The first kappa shape index (κ1) is 18.2. The molecule has 0 aliphatic heterocycles. The number of nitrogens with one attached hydrogen (secondary N) is 1. The van der Waals surface area contributed by atoms with Crippen LogP contribution in [0.5, 0.6) is 5.75 Å². The van der Waals surface area contributed by atoms with E-state index in [2.05, 4.69) is 5.27 Å². The zero-order valence-corrected chi connectivity index (χ0v) is 15.1. The zero-order chi connectivity index (χ0) is 19.2. The Bertz CT molecular complexity index is 988. The van der Waals surface area contributed by atoms with Crippen LogP contribution in [0, 0.1) is 0 Å². The van der Waals surface area contributed by atoms with Gasteiger partial charge in [0.2, 0.25) is 11.6 Å². The molecule has 3 rings (SSSR count). The Balaban J connectivity index is 1.77. The van der Waals surface area contributed by atoms with Gasteiger partial charge in [-0.2, -0.15) is 0 Å². The molecule has 138 valence electrons. The van der Waals surface area contributed by atoms with Crippen molar-refractivity contribution in [3.63, 3.8) is 0 Å². The van der Waals surface area contributed by atoms with E-state index in [4.69, 9.17) is 9.26 Å². The number of likely N-dealkylation sites (N-methyl/N-ethyl adjacent to an activating group) is 1. The van der Waals surface area contributed by atoms with E-state index < -0.39 is 5.63 Å². The Morgan fingerprint density at radius 1 is 1.19 bits per heavy atom. The van der Waals surface area contributed by atoms with Crippen LogP contribution in [0.15, 0.2) is 70.0 Å². The molecule has 7 heteroatoms. The Morgan fingerprint density at radius 3 is 2.56 bits per heavy atom. The average molecular weight is 366 g/mol. The molecule has 0 atom stereocenters. The average Bonchev–Trinajstić information content (AvgIpc) is 3.07. The van der Waals surface area contributed by atoms with E-state index in [9.17, 15) is 9.59 Å². The third kappa shape index (κ3) is 4.33. The number of hydrogen-bond donors (Lipinski definition) is 1. The third-order valence-corrected chi connectivity index (χ3v) is 4.05. The predicted molar refractivity (Wildman–Crippen MR) is 99.4 cm³/mol. The van der Waals surface area contributed by atoms with Gasteiger partial charge in [-0.05, 0) is 33.7 Å². The first-order valence-corrected chi connectivity index (χ1v) is 8.33. The van der Waals surface area contributed by atoms with E-state index in [0.717, 1.165) is 5.56 Å². The smallest absolute Gasteiger partial charge is 0.432 e. The number of hydrogen-bond acceptors (Lipinski definition) is 4. The summed E-state index contributed by atoms with van der Waals surface area (Å²) in [6, 6.07) is 16.6. The summed E-state index contributed by atoms with van der Waals surface area (Å²) in [5.41, 5.74) is 1.40. The van der Waals surface area contributed by atoms with Crippen LogP contribution in [0.3, 0.4) is 0 Å². The Morgan fingerprint density at radius 2 is 1.89 bits per heavy atom. The van der Waals surface area contributed by atoms with Crippen molar-refractivity contribution in [1.82, 2.24) is 10.2 Å². The molecule has 0 spiro atoms. The lowest BCUT2D eigenvalue weighted by molar-refractivity contribution is -0.678. The largest absolute Gasteiger partial charge is 0.497 e. The van der Waals surface area contributed by atoms with Gasteiger partial charge in [0.05, 0.1) is 7.11 Å². The van der Waals surface area contributed by atoms with Crippen molar-refractivity contribution in [3.05, 3.63) is 82.4 Å². The van der Waals surface area contributed by atoms with Gasteiger partial charge in [0.15, 0.2) is 0 Å². The summed E-state index contributed by atoms with van der Waals surface area (Å²) < 4.78 is 11.6. The second-order valence-corrected chi connectivity index (χ2v) is 5.90. The van der Waals surface area contributed by atoms with Crippen molar-refractivity contribution in [2.75, 3.05) is 14.2 Å². The molecule has 1 amide bonds. The van der Waals surface area contributed by atoms with Gasteiger partial charge in [-0.15, -0.1) is 0 Å². The standard InChI is InChI=1S/C20H19N3O4/c1-22(19(24)13-8-15-6-4-3-5-7-15)14-18-20(25)27-21-23(18)16-9-11-17(26-2)12-10-16/h3-13H,14H2,1-2H3/p+1/b13-8+. The summed E-state index contributed by atoms with van der Waals surface area (Å²) in [6.07, 6.45) is 3.21. The molecule has 0 radical (unpaired) electrons. The maximum absolute atomic E-state index is 12.4. The molecule has 1 aromatic heterocycles. The van der Waals surface area contributed by atoms with Crippen molar-refractivity contribution in [2.24, 2.45) is 0 Å². The molecule has 0 aliphatic rings. The Hall–Kier alpha value is -3.61. The van der Waals surface area contributed by atoms with Crippen LogP contribution in [-0.2, 0) is 11.3 Å². The maximum atomic E-state index is 12.4. The fraction of sp³-hybridized carbons (Fsp3) is 0.150. The number of carbonyl (C=O) groups excluding carboxylic acids is 1. The first-order valence-electron chi connectivity index (χ1n) is 8.33. The second-order valence-electron chi connectivity index (χ2n) is 5.90. The van der Waals surface area contributed by atoms with E-state index in [1.54, 1.807) is 44.5 Å². The number of benzene rings is 2. The lowest BCUT2D eigenvalue weighted by atomic mass is 10.2. The predicted octanol–water partition coefficient (Wildman–Crippen LogP) is 1.92. The number of carbonyl (C=O) groups is 1. The van der Waals surface area contributed by atoms with E-state index in [1.807, 2.05) is 30.3 Å². The molecular formula is C20H20N3O4+. The van der Waals surface area contributed by atoms with Gasteiger partial charge in [0.25, 0.3) is 0 Å². The molecule has 7 nitrogen and oxygen atoms in total. The summed E-state index contributed by atoms with van der Waals surface area (Å²) in [5.74, 6) is 0.478. The highest BCUT2D eigenvalue weighted by molar-refractivity contribution is 5.91. The van der Waals surface area contributed by atoms with Gasteiger partial charge in [0.1, 0.15) is 12.3 Å². The van der Waals surface area contributed by atoms with Crippen LogP contribution in [0.25, 0.3) is 11.8 Å². The van der Waals surface area contributed by atoms with Crippen LogP contribution >= 0.6 is 0 Å². The van der Waals surface area contributed by atoms with Crippen molar-refractivity contribution in [1.29, 1.82) is 0 Å². The number of ether oxygens (including phenoxy) is 1. The zero-order valence-electron chi connectivity index (χ0n) is 15.1. The van der Waals surface area contributed by atoms with Crippen LogP contribution in [-0.4, -0.2) is 30.2 Å². The summed E-state index contributed by atoms with van der Waals surface area (Å²) in [4.78, 5) is 25.9. The minimum atomic E-state index is -0.530. The number of H-pyrrole nitrogens is 1. The minimum absolute atomic E-state index is 0.0931. The molecule has 27 heavy (non-hydrogen) atoms. The van der Waals surface area contributed by atoms with Gasteiger partial charge < -0.3 is 9.64 Å². The van der Waals surface area contributed by atoms with E-state index in [1.165, 1.54) is 15.7 Å². The topological polar surface area (TPSA) is 79.4 Å². The van der Waals surface area contributed by atoms with Crippen LogP contribution in [0.4, 0.5) is 0 Å². The quantitative estimate of drug-likeness (QED) is 0.534. The highest BCUT2D eigenvalue weighted by Gasteiger charge is 2.25. The van der Waals surface area contributed by atoms with Gasteiger partial charge in [-0.3, -0.25) is 9.32 Å². The molecule has 1 N–H and O–H groups in total. The van der Waals surface area contributed by atoms with Crippen molar-refractivity contribution < 1.29 is 18.7 Å². The summed E-state index contributed by atoms with van der Waals surface area (Å²) in [6.45, 7) is 0.0931. The van der Waals surface area contributed by atoms with E-state index in [-0.39, 0.29) is 12.5 Å². The number of nitrogens with zero attached hydrogens (tertiary/aromatic N) is 2. The fourth-order valence-electron chi connectivity index (χ4n) is 2.53. The van der Waals surface area contributed by atoms with Crippen molar-refractivity contribution in [2.45, 2.75) is 6.54 Å². The third-order valence-electron chi connectivity index (χ3n) is 4.05. The second kappa shape index (κ2) is 8.18. The number of rotatable bonds is 6. The monoisotopic (exact) mass is 366 g/mol. The van der Waals surface area contributed by atoms with Crippen LogP contribution in [0.1, 0.15) is 11.3 Å². The van der Waals surface area contributed by atoms with Gasteiger partial charge in [-0.25, -0.2) is 4.79 Å². The number of aromatic nitrogens is 2. The molecule has 0 aliphatic carbocycles. The van der Waals surface area contributed by atoms with Crippen LogP contribution < -0.4 is 15.0 Å². The molecule has 1 heterocycles. The Kier molecular flexibility index (Phi) is 5.51. The summed E-state index contributed by atoms with van der Waals surface area (Å²) >= 11 is 0. The van der Waals surface area contributed by atoms with Gasteiger partial charge in [0, 0.05) is 25.3 Å². The molecule has 0 bridgehead atoms. The summed E-state index contributed by atoms with van der Waals surface area (Å²) in [7, 11) is 3.21. The number of amides is 1. The van der Waals surface area contributed by atoms with Crippen LogP contribution in [0.2, 0.25) is 0 Å². The fourth-order valence-corrected chi connectivity index (χ4v) is 2.53. The molecule has 0 saturated carbocycles. The number of methoxy groups -OCH3 is 1.